The molecule has 0 fully saturated rings. The number of hydrogen-bond donors (Lipinski definition) is 1. The molecule has 1 aromatic rings. The van der Waals surface area contributed by atoms with Crippen molar-refractivity contribution >= 4 is 0 Å². The summed E-state index contributed by atoms with van der Waals surface area (Å²) in [4.78, 5) is 0. The first-order chi connectivity index (χ1) is 9.87. The van der Waals surface area contributed by atoms with Crippen molar-refractivity contribution in [3.8, 4) is 5.75 Å². The number of hydrogen-bond acceptors (Lipinski definition) is 2. The Kier molecular flexibility index (Phi) is 5.32. The Balaban J connectivity index is 1.90. The second-order valence-corrected chi connectivity index (χ2v) is 7.58. The molecule has 2 atom stereocenters. The molecule has 0 saturated heterocycles. The third-order valence-electron chi connectivity index (χ3n) is 4.17. The highest BCUT2D eigenvalue weighted by atomic mass is 16.5. The molecule has 1 aliphatic rings. The van der Waals surface area contributed by atoms with E-state index < -0.39 is 0 Å². The molecule has 0 spiro atoms. The van der Waals surface area contributed by atoms with Gasteiger partial charge in [0.1, 0.15) is 11.9 Å². The second-order valence-electron chi connectivity index (χ2n) is 7.58. The fourth-order valence-electron chi connectivity index (χ4n) is 3.11. The summed E-state index contributed by atoms with van der Waals surface area (Å²) in [5.74, 6) is 1.80. The van der Waals surface area contributed by atoms with Gasteiger partial charge >= 0.3 is 0 Å². The fraction of sp³-hybridized carbons (Fsp3) is 0.684. The Hall–Kier alpha value is -1.02. The van der Waals surface area contributed by atoms with Gasteiger partial charge in [0.25, 0.3) is 0 Å². The summed E-state index contributed by atoms with van der Waals surface area (Å²) < 4.78 is 6.14. The second kappa shape index (κ2) is 6.83. The molecule has 0 amide bonds. The van der Waals surface area contributed by atoms with Gasteiger partial charge in [-0.05, 0) is 64.6 Å². The number of aryl methyl sites for hydroxylation is 1. The van der Waals surface area contributed by atoms with Crippen molar-refractivity contribution < 1.29 is 4.74 Å². The van der Waals surface area contributed by atoms with Gasteiger partial charge in [-0.25, -0.2) is 0 Å². The minimum absolute atomic E-state index is 0.197. The summed E-state index contributed by atoms with van der Waals surface area (Å²) in [5, 5.41) is 3.66. The van der Waals surface area contributed by atoms with Crippen LogP contribution in [0.25, 0.3) is 0 Å². The van der Waals surface area contributed by atoms with E-state index in [4.69, 9.17) is 4.74 Å². The van der Waals surface area contributed by atoms with Crippen LogP contribution >= 0.6 is 0 Å². The van der Waals surface area contributed by atoms with Crippen molar-refractivity contribution in [2.45, 2.75) is 71.9 Å². The summed E-state index contributed by atoms with van der Waals surface area (Å²) in [7, 11) is 0. The predicted octanol–water partition coefficient (Wildman–Crippen LogP) is 4.49. The number of rotatable bonds is 6. The highest BCUT2D eigenvalue weighted by molar-refractivity contribution is 5.40. The van der Waals surface area contributed by atoms with Gasteiger partial charge in [0.05, 0.1) is 0 Å². The molecule has 1 aromatic carbocycles. The Labute approximate surface area is 130 Å². The molecule has 1 heterocycles. The minimum atomic E-state index is 0.197. The molecular formula is C19H31NO. The van der Waals surface area contributed by atoms with E-state index in [2.05, 4.69) is 58.1 Å². The van der Waals surface area contributed by atoms with E-state index in [0.717, 1.165) is 25.1 Å². The Bertz CT molecular complexity index is 461. The zero-order valence-corrected chi connectivity index (χ0v) is 14.3. The van der Waals surface area contributed by atoms with Crippen molar-refractivity contribution in [2.24, 2.45) is 5.92 Å². The fourth-order valence-corrected chi connectivity index (χ4v) is 3.11. The van der Waals surface area contributed by atoms with Crippen LogP contribution in [0.2, 0.25) is 0 Å². The molecule has 1 aliphatic heterocycles. The third-order valence-corrected chi connectivity index (χ3v) is 4.17. The van der Waals surface area contributed by atoms with Gasteiger partial charge in [0.2, 0.25) is 0 Å². The standard InChI is InChI=1S/C19H31NO/c1-6-7-15(13-20-19(3,4)5)11-17-12-16-10-14(2)8-9-18(16)21-17/h8-10,15,17,20H,6-7,11-13H2,1-5H3. The topological polar surface area (TPSA) is 21.3 Å². The average molecular weight is 289 g/mol. The van der Waals surface area contributed by atoms with Crippen LogP contribution in [0.1, 0.15) is 58.1 Å². The summed E-state index contributed by atoms with van der Waals surface area (Å²) >= 11 is 0. The van der Waals surface area contributed by atoms with E-state index in [1.165, 1.54) is 24.0 Å². The normalized spacial score (nSPS) is 19.2. The molecular weight excluding hydrogens is 258 g/mol. The van der Waals surface area contributed by atoms with E-state index in [-0.39, 0.29) is 5.54 Å². The number of ether oxygens (including phenoxy) is 1. The lowest BCUT2D eigenvalue weighted by molar-refractivity contribution is 0.183. The third kappa shape index (κ3) is 5.03. The average Bonchev–Trinajstić information content (AvgIpc) is 2.76. The summed E-state index contributed by atoms with van der Waals surface area (Å²) in [6.45, 7) is 12.2. The van der Waals surface area contributed by atoms with Gasteiger partial charge in [-0.15, -0.1) is 0 Å². The molecule has 2 nitrogen and oxygen atoms in total. The molecule has 0 aliphatic carbocycles. The molecule has 1 N–H and O–H groups in total. The Morgan fingerprint density at radius 1 is 1.33 bits per heavy atom. The number of benzene rings is 1. The summed E-state index contributed by atoms with van der Waals surface area (Å²) in [5.41, 5.74) is 2.92. The van der Waals surface area contributed by atoms with Crippen LogP contribution in [-0.4, -0.2) is 18.2 Å². The van der Waals surface area contributed by atoms with Crippen LogP contribution in [0, 0.1) is 12.8 Å². The first-order valence-electron chi connectivity index (χ1n) is 8.38. The van der Waals surface area contributed by atoms with Crippen LogP contribution in [0.4, 0.5) is 0 Å². The smallest absolute Gasteiger partial charge is 0.123 e. The van der Waals surface area contributed by atoms with Gasteiger partial charge in [0.15, 0.2) is 0 Å². The molecule has 2 rings (SSSR count). The van der Waals surface area contributed by atoms with Crippen molar-refractivity contribution in [1.82, 2.24) is 5.32 Å². The van der Waals surface area contributed by atoms with Gasteiger partial charge in [0, 0.05) is 12.0 Å². The van der Waals surface area contributed by atoms with Gasteiger partial charge in [-0.1, -0.05) is 31.0 Å². The highest BCUT2D eigenvalue weighted by Gasteiger charge is 2.26. The maximum absolute atomic E-state index is 6.14. The SMILES string of the molecule is CCCC(CNC(C)(C)C)CC1Cc2cc(C)ccc2O1. The summed E-state index contributed by atoms with van der Waals surface area (Å²) in [6.07, 6.45) is 5.12. The predicted molar refractivity (Wildman–Crippen MR) is 90.1 cm³/mol. The maximum Gasteiger partial charge on any atom is 0.123 e. The molecule has 0 bridgehead atoms. The number of nitrogens with one attached hydrogen (secondary N) is 1. The molecule has 0 saturated carbocycles. The lowest BCUT2D eigenvalue weighted by Crippen LogP contribution is -2.40. The van der Waals surface area contributed by atoms with Crippen LogP contribution in [0.3, 0.4) is 0 Å². The maximum atomic E-state index is 6.14. The first kappa shape index (κ1) is 16.4. The van der Waals surface area contributed by atoms with E-state index in [9.17, 15) is 0 Å². The van der Waals surface area contributed by atoms with Crippen LogP contribution in [0.5, 0.6) is 5.75 Å². The molecule has 2 unspecified atom stereocenters. The quantitative estimate of drug-likeness (QED) is 0.833. The Morgan fingerprint density at radius 3 is 2.76 bits per heavy atom. The van der Waals surface area contributed by atoms with Crippen LogP contribution < -0.4 is 10.1 Å². The highest BCUT2D eigenvalue weighted by Crippen LogP contribution is 2.32. The summed E-state index contributed by atoms with van der Waals surface area (Å²) in [6, 6.07) is 6.55. The molecule has 2 heteroatoms. The molecule has 0 aromatic heterocycles. The number of fused-ring (bicyclic) bond motifs is 1. The van der Waals surface area contributed by atoms with Gasteiger partial charge in [-0.2, -0.15) is 0 Å². The van der Waals surface area contributed by atoms with Gasteiger partial charge < -0.3 is 10.1 Å². The van der Waals surface area contributed by atoms with Crippen molar-refractivity contribution in [3.05, 3.63) is 29.3 Å². The monoisotopic (exact) mass is 289 g/mol. The lowest BCUT2D eigenvalue weighted by Gasteiger charge is -2.26. The molecule has 0 radical (unpaired) electrons. The van der Waals surface area contributed by atoms with E-state index in [1.807, 2.05) is 0 Å². The van der Waals surface area contributed by atoms with Crippen molar-refractivity contribution in [2.75, 3.05) is 6.54 Å². The largest absolute Gasteiger partial charge is 0.490 e. The van der Waals surface area contributed by atoms with Crippen LogP contribution in [0.15, 0.2) is 18.2 Å². The van der Waals surface area contributed by atoms with Gasteiger partial charge in [-0.3, -0.25) is 0 Å². The minimum Gasteiger partial charge on any atom is -0.490 e. The van der Waals surface area contributed by atoms with Crippen molar-refractivity contribution in [1.29, 1.82) is 0 Å². The van der Waals surface area contributed by atoms with E-state index in [1.54, 1.807) is 0 Å². The lowest BCUT2D eigenvalue weighted by atomic mass is 9.93. The molecule has 118 valence electrons. The Morgan fingerprint density at radius 2 is 2.10 bits per heavy atom. The van der Waals surface area contributed by atoms with Crippen molar-refractivity contribution in [3.63, 3.8) is 0 Å². The molecule has 21 heavy (non-hydrogen) atoms. The van der Waals surface area contributed by atoms with Crippen LogP contribution in [-0.2, 0) is 6.42 Å². The zero-order chi connectivity index (χ0) is 15.5. The van der Waals surface area contributed by atoms with E-state index >= 15 is 0 Å². The zero-order valence-electron chi connectivity index (χ0n) is 14.3. The first-order valence-corrected chi connectivity index (χ1v) is 8.38. The van der Waals surface area contributed by atoms with E-state index in [0.29, 0.717) is 12.0 Å².